The predicted molar refractivity (Wildman–Crippen MR) is 82.3 cm³/mol. The van der Waals surface area contributed by atoms with Crippen molar-refractivity contribution in [1.82, 2.24) is 20.5 Å². The summed E-state index contributed by atoms with van der Waals surface area (Å²) in [7, 11) is 0. The zero-order chi connectivity index (χ0) is 14.5. The van der Waals surface area contributed by atoms with Gasteiger partial charge in [0.2, 0.25) is 5.91 Å². The molecule has 0 unspecified atom stereocenters. The zero-order valence-corrected chi connectivity index (χ0v) is 12.3. The van der Waals surface area contributed by atoms with E-state index in [1.807, 2.05) is 24.4 Å². The fourth-order valence-corrected chi connectivity index (χ4v) is 2.69. The highest BCUT2D eigenvalue weighted by molar-refractivity contribution is 5.78. The van der Waals surface area contributed by atoms with Crippen molar-refractivity contribution in [2.45, 2.75) is 0 Å². The van der Waals surface area contributed by atoms with Gasteiger partial charge >= 0.3 is 0 Å². The van der Waals surface area contributed by atoms with Crippen LogP contribution in [0, 0.1) is 5.92 Å². The molecule has 2 aliphatic rings. The first-order valence-corrected chi connectivity index (χ1v) is 7.67. The second kappa shape index (κ2) is 6.87. The van der Waals surface area contributed by atoms with E-state index in [-0.39, 0.29) is 5.91 Å². The lowest BCUT2D eigenvalue weighted by Gasteiger charge is -2.35. The Kier molecular flexibility index (Phi) is 4.67. The van der Waals surface area contributed by atoms with Crippen molar-refractivity contribution in [3.05, 3.63) is 24.4 Å². The number of rotatable bonds is 5. The topological polar surface area (TPSA) is 60.5 Å². The minimum Gasteiger partial charge on any atom is -0.355 e. The van der Waals surface area contributed by atoms with Crippen molar-refractivity contribution in [1.29, 1.82) is 0 Å². The van der Waals surface area contributed by atoms with Gasteiger partial charge in [-0.25, -0.2) is 4.98 Å². The van der Waals surface area contributed by atoms with Gasteiger partial charge in [-0.15, -0.1) is 0 Å². The molecule has 2 saturated heterocycles. The van der Waals surface area contributed by atoms with E-state index in [1.165, 1.54) is 0 Å². The number of pyridine rings is 1. The highest BCUT2D eigenvalue weighted by atomic mass is 16.2. The lowest BCUT2D eigenvalue weighted by Crippen LogP contribution is -2.52. The lowest BCUT2D eigenvalue weighted by atomic mass is 10.0. The van der Waals surface area contributed by atoms with Gasteiger partial charge < -0.3 is 15.5 Å². The van der Waals surface area contributed by atoms with Crippen molar-refractivity contribution in [3.8, 4) is 0 Å². The largest absolute Gasteiger partial charge is 0.355 e. The molecular weight excluding hydrogens is 266 g/mol. The Hall–Kier alpha value is -1.66. The van der Waals surface area contributed by atoms with E-state index in [0.29, 0.717) is 12.5 Å². The quantitative estimate of drug-likeness (QED) is 0.768. The van der Waals surface area contributed by atoms with Gasteiger partial charge in [0.15, 0.2) is 0 Å². The van der Waals surface area contributed by atoms with E-state index in [4.69, 9.17) is 0 Å². The van der Waals surface area contributed by atoms with Crippen molar-refractivity contribution in [2.75, 3.05) is 57.3 Å². The molecule has 6 nitrogen and oxygen atoms in total. The smallest absolute Gasteiger partial charge is 0.234 e. The number of hydrogen-bond acceptors (Lipinski definition) is 5. The predicted octanol–water partition coefficient (Wildman–Crippen LogP) is -0.461. The number of aromatic nitrogens is 1. The van der Waals surface area contributed by atoms with Crippen molar-refractivity contribution >= 4 is 11.7 Å². The average Bonchev–Trinajstić information content (AvgIpc) is 2.47. The van der Waals surface area contributed by atoms with Gasteiger partial charge in [-0.1, -0.05) is 6.07 Å². The summed E-state index contributed by atoms with van der Waals surface area (Å²) in [6.45, 7) is 7.06. The summed E-state index contributed by atoms with van der Waals surface area (Å²) in [5, 5.41) is 6.24. The second-order valence-electron chi connectivity index (χ2n) is 5.78. The molecule has 0 radical (unpaired) electrons. The van der Waals surface area contributed by atoms with Crippen LogP contribution in [-0.4, -0.2) is 68.1 Å². The van der Waals surface area contributed by atoms with Crippen LogP contribution >= 0.6 is 0 Å². The molecule has 0 aliphatic carbocycles. The average molecular weight is 289 g/mol. The van der Waals surface area contributed by atoms with Crippen LogP contribution in [0.2, 0.25) is 0 Å². The first kappa shape index (κ1) is 14.3. The number of anilines is 1. The molecule has 2 aliphatic heterocycles. The number of nitrogens with one attached hydrogen (secondary N) is 2. The number of piperazine rings is 1. The number of amides is 1. The third-order valence-electron chi connectivity index (χ3n) is 4.17. The molecule has 2 N–H and O–H groups in total. The Bertz CT molecular complexity index is 454. The molecule has 0 saturated carbocycles. The van der Waals surface area contributed by atoms with Gasteiger partial charge in [0, 0.05) is 57.9 Å². The first-order chi connectivity index (χ1) is 10.3. The van der Waals surface area contributed by atoms with Gasteiger partial charge in [-0.3, -0.25) is 9.69 Å². The monoisotopic (exact) mass is 289 g/mol. The van der Waals surface area contributed by atoms with Crippen molar-refractivity contribution in [2.24, 2.45) is 5.92 Å². The van der Waals surface area contributed by atoms with E-state index in [9.17, 15) is 4.79 Å². The molecule has 3 heterocycles. The molecule has 2 fully saturated rings. The SMILES string of the molecule is O=C(CN1CCN(c2ccccn2)CC1)NCC1CNC1. The van der Waals surface area contributed by atoms with E-state index < -0.39 is 0 Å². The van der Waals surface area contributed by atoms with Crippen LogP contribution in [0.1, 0.15) is 0 Å². The van der Waals surface area contributed by atoms with Gasteiger partial charge in [0.05, 0.1) is 6.54 Å². The third-order valence-corrected chi connectivity index (χ3v) is 4.17. The molecule has 114 valence electrons. The Labute approximate surface area is 125 Å². The molecule has 1 amide bonds. The van der Waals surface area contributed by atoms with Crippen LogP contribution < -0.4 is 15.5 Å². The standard InChI is InChI=1S/C15H23N5O/c21-15(18-11-13-9-16-10-13)12-19-5-7-20(8-6-19)14-3-1-2-4-17-14/h1-4,13,16H,5-12H2,(H,18,21). The normalized spacial score (nSPS) is 20.1. The van der Waals surface area contributed by atoms with Gasteiger partial charge in [0.1, 0.15) is 5.82 Å². The summed E-state index contributed by atoms with van der Waals surface area (Å²) in [5.41, 5.74) is 0. The Morgan fingerprint density at radius 2 is 2.10 bits per heavy atom. The molecule has 1 aromatic heterocycles. The molecule has 0 spiro atoms. The Morgan fingerprint density at radius 1 is 1.29 bits per heavy atom. The lowest BCUT2D eigenvalue weighted by molar-refractivity contribution is -0.122. The van der Waals surface area contributed by atoms with Crippen LogP contribution in [-0.2, 0) is 4.79 Å². The summed E-state index contributed by atoms with van der Waals surface area (Å²) in [5.74, 6) is 1.79. The van der Waals surface area contributed by atoms with E-state index in [1.54, 1.807) is 0 Å². The Morgan fingerprint density at radius 3 is 2.71 bits per heavy atom. The van der Waals surface area contributed by atoms with E-state index in [0.717, 1.165) is 51.6 Å². The molecule has 1 aromatic rings. The molecule has 21 heavy (non-hydrogen) atoms. The number of carbonyl (C=O) groups is 1. The third kappa shape index (κ3) is 3.92. The minimum atomic E-state index is 0.146. The highest BCUT2D eigenvalue weighted by Crippen LogP contribution is 2.12. The number of nitrogens with zero attached hydrogens (tertiary/aromatic N) is 3. The number of hydrogen-bond donors (Lipinski definition) is 2. The number of carbonyl (C=O) groups excluding carboxylic acids is 1. The summed E-state index contributed by atoms with van der Waals surface area (Å²) < 4.78 is 0. The summed E-state index contributed by atoms with van der Waals surface area (Å²) in [4.78, 5) is 20.8. The van der Waals surface area contributed by atoms with Gasteiger partial charge in [-0.2, -0.15) is 0 Å². The minimum absolute atomic E-state index is 0.146. The fraction of sp³-hybridized carbons (Fsp3) is 0.600. The fourth-order valence-electron chi connectivity index (χ4n) is 2.69. The van der Waals surface area contributed by atoms with Gasteiger partial charge in [-0.05, 0) is 12.1 Å². The van der Waals surface area contributed by atoms with Crippen LogP contribution in [0.15, 0.2) is 24.4 Å². The molecule has 0 atom stereocenters. The van der Waals surface area contributed by atoms with Crippen LogP contribution in [0.4, 0.5) is 5.82 Å². The summed E-state index contributed by atoms with van der Waals surface area (Å²) in [6, 6.07) is 5.98. The van der Waals surface area contributed by atoms with Crippen LogP contribution in [0.5, 0.6) is 0 Å². The first-order valence-electron chi connectivity index (χ1n) is 7.67. The maximum atomic E-state index is 11.9. The molecular formula is C15H23N5O. The molecule has 0 aromatic carbocycles. The van der Waals surface area contributed by atoms with Crippen molar-refractivity contribution < 1.29 is 4.79 Å². The molecule has 6 heteroatoms. The second-order valence-corrected chi connectivity index (χ2v) is 5.78. The maximum absolute atomic E-state index is 11.9. The summed E-state index contributed by atoms with van der Waals surface area (Å²) >= 11 is 0. The van der Waals surface area contributed by atoms with Crippen molar-refractivity contribution in [3.63, 3.8) is 0 Å². The van der Waals surface area contributed by atoms with E-state index >= 15 is 0 Å². The molecule has 3 rings (SSSR count). The highest BCUT2D eigenvalue weighted by Gasteiger charge is 2.21. The molecule has 0 bridgehead atoms. The summed E-state index contributed by atoms with van der Waals surface area (Å²) in [6.07, 6.45) is 1.82. The van der Waals surface area contributed by atoms with Crippen LogP contribution in [0.25, 0.3) is 0 Å². The van der Waals surface area contributed by atoms with Crippen LogP contribution in [0.3, 0.4) is 0 Å². The van der Waals surface area contributed by atoms with E-state index in [2.05, 4.69) is 25.4 Å². The van der Waals surface area contributed by atoms with Gasteiger partial charge in [0.25, 0.3) is 0 Å². The Balaban J connectivity index is 1.38. The zero-order valence-electron chi connectivity index (χ0n) is 12.3. The maximum Gasteiger partial charge on any atom is 0.234 e.